The van der Waals surface area contributed by atoms with Gasteiger partial charge in [0.1, 0.15) is 0 Å². The highest BCUT2D eigenvalue weighted by atomic mass is 35.5. The fraction of sp³-hybridized carbons (Fsp3) is 0.290. The molecule has 2 atom stereocenters. The Morgan fingerprint density at radius 3 is 2.29 bits per heavy atom. The van der Waals surface area contributed by atoms with Crippen molar-refractivity contribution in [3.63, 3.8) is 0 Å². The Kier molecular flexibility index (Phi) is 8.61. The maximum Gasteiger partial charge on any atom is 0.315 e. The molecule has 2 unspecified atom stereocenters. The van der Waals surface area contributed by atoms with E-state index in [1.165, 1.54) is 23.3 Å². The molecule has 0 aromatic heterocycles. The lowest BCUT2D eigenvalue weighted by Gasteiger charge is -2.29. The van der Waals surface area contributed by atoms with Crippen LogP contribution in [0.15, 0.2) is 60.7 Å². The van der Waals surface area contributed by atoms with Crippen molar-refractivity contribution in [2.45, 2.75) is 38.3 Å². The predicted molar refractivity (Wildman–Crippen MR) is 155 cm³/mol. The van der Waals surface area contributed by atoms with E-state index in [2.05, 4.69) is 10.6 Å². The summed E-state index contributed by atoms with van der Waals surface area (Å²) in [4.78, 5) is 52.5. The number of aliphatic carboxylic acids is 1. The Labute approximate surface area is 247 Å². The summed E-state index contributed by atoms with van der Waals surface area (Å²) in [5.41, 5.74) is 4.70. The smallest absolute Gasteiger partial charge is 0.315 e. The topological polar surface area (TPSA) is 116 Å². The van der Waals surface area contributed by atoms with E-state index >= 15 is 0 Å². The number of ketones is 1. The molecule has 5 rings (SSSR count). The highest BCUT2D eigenvalue weighted by molar-refractivity contribution is 6.40. The van der Waals surface area contributed by atoms with Crippen LogP contribution in [-0.4, -0.2) is 46.8 Å². The Balaban J connectivity index is 1.21. The van der Waals surface area contributed by atoms with Gasteiger partial charge < -0.3 is 20.6 Å². The van der Waals surface area contributed by atoms with E-state index in [1.54, 1.807) is 4.90 Å². The van der Waals surface area contributed by atoms with Gasteiger partial charge in [0.15, 0.2) is 5.78 Å². The van der Waals surface area contributed by atoms with E-state index < -0.39 is 30.1 Å². The number of nitrogens with one attached hydrogen (secondary N) is 2. The van der Waals surface area contributed by atoms with E-state index in [9.17, 15) is 24.3 Å². The molecule has 41 heavy (non-hydrogen) atoms. The molecule has 212 valence electrons. The molecule has 0 saturated carbocycles. The fourth-order valence-corrected chi connectivity index (χ4v) is 6.22. The highest BCUT2D eigenvalue weighted by Gasteiger charge is 2.29. The normalized spacial score (nSPS) is 16.3. The number of carboxylic acid groups (broad SMARTS) is 1. The van der Waals surface area contributed by atoms with E-state index in [1.807, 2.05) is 48.5 Å². The number of carboxylic acids is 1. The number of amides is 3. The summed E-state index contributed by atoms with van der Waals surface area (Å²) in [7, 11) is 0. The molecule has 10 heteroatoms. The van der Waals surface area contributed by atoms with Gasteiger partial charge >= 0.3 is 12.0 Å². The molecule has 8 nitrogen and oxygen atoms in total. The first-order chi connectivity index (χ1) is 19.7. The molecule has 0 saturated heterocycles. The molecular weight excluding hydrogens is 565 g/mol. The lowest BCUT2D eigenvalue weighted by Crippen LogP contribution is -2.41. The average molecular weight is 594 g/mol. The Morgan fingerprint density at radius 2 is 1.59 bits per heavy atom. The zero-order chi connectivity index (χ0) is 29.1. The summed E-state index contributed by atoms with van der Waals surface area (Å²) in [6.45, 7) is 0.739. The van der Waals surface area contributed by atoms with Gasteiger partial charge in [-0.1, -0.05) is 71.7 Å². The second kappa shape index (κ2) is 12.3. The lowest BCUT2D eigenvalue weighted by molar-refractivity contribution is -0.141. The summed E-state index contributed by atoms with van der Waals surface area (Å²) < 4.78 is 0. The second-order valence-corrected chi connectivity index (χ2v) is 11.2. The number of hydrogen-bond donors (Lipinski definition) is 3. The van der Waals surface area contributed by atoms with Crippen LogP contribution in [0.3, 0.4) is 0 Å². The summed E-state index contributed by atoms with van der Waals surface area (Å²) in [6.07, 6.45) is 1.91. The third-order valence-electron chi connectivity index (χ3n) is 7.71. The molecule has 0 radical (unpaired) electrons. The van der Waals surface area contributed by atoms with Crippen molar-refractivity contribution in [2.24, 2.45) is 5.92 Å². The number of benzene rings is 3. The molecule has 1 aliphatic heterocycles. The minimum atomic E-state index is -1.24. The summed E-state index contributed by atoms with van der Waals surface area (Å²) in [6, 6.07) is 17.9. The van der Waals surface area contributed by atoms with Crippen molar-refractivity contribution < 1.29 is 24.3 Å². The number of urea groups is 1. The standard InChI is InChI=1S/C31H29Cl2N3O5/c32-24-13-21(29(38)36-12-11-18-5-1-2-7-20(18)17-36)14-25(33)28(24)27(37)15-22(30(39)40)16-34-31(41)35-26-10-9-19-6-3-4-8-23(19)26/h1-8,13-14,22,26H,9-12,15-17H2,(H,39,40)(H2,34,35,41). The molecule has 3 aromatic carbocycles. The fourth-order valence-electron chi connectivity index (χ4n) is 5.52. The van der Waals surface area contributed by atoms with Gasteiger partial charge in [-0.25, -0.2) is 4.79 Å². The highest BCUT2D eigenvalue weighted by Crippen LogP contribution is 2.32. The molecule has 1 aliphatic carbocycles. The first kappa shape index (κ1) is 28.6. The van der Waals surface area contributed by atoms with E-state index in [4.69, 9.17) is 23.2 Å². The maximum atomic E-state index is 13.2. The average Bonchev–Trinajstić information content (AvgIpc) is 3.36. The lowest BCUT2D eigenvalue weighted by atomic mass is 9.96. The summed E-state index contributed by atoms with van der Waals surface area (Å²) in [5.74, 6) is -3.30. The van der Waals surface area contributed by atoms with Crippen LogP contribution in [0.1, 0.15) is 61.9 Å². The van der Waals surface area contributed by atoms with Crippen LogP contribution in [-0.2, 0) is 24.2 Å². The van der Waals surface area contributed by atoms with E-state index in [0.717, 1.165) is 30.4 Å². The Hall–Kier alpha value is -3.88. The van der Waals surface area contributed by atoms with Crippen LogP contribution in [0.4, 0.5) is 4.79 Å². The van der Waals surface area contributed by atoms with Gasteiger partial charge in [0, 0.05) is 31.6 Å². The minimum absolute atomic E-state index is 0.0296. The third kappa shape index (κ3) is 6.39. The zero-order valence-electron chi connectivity index (χ0n) is 22.2. The van der Waals surface area contributed by atoms with Crippen LogP contribution in [0.2, 0.25) is 10.0 Å². The van der Waals surface area contributed by atoms with Crippen molar-refractivity contribution in [1.29, 1.82) is 0 Å². The number of nitrogens with zero attached hydrogens (tertiary/aromatic N) is 1. The Bertz CT molecular complexity index is 1500. The van der Waals surface area contributed by atoms with Gasteiger partial charge in [0.25, 0.3) is 5.91 Å². The van der Waals surface area contributed by atoms with Gasteiger partial charge in [-0.05, 0) is 53.6 Å². The molecule has 2 aliphatic rings. The summed E-state index contributed by atoms with van der Waals surface area (Å²) >= 11 is 12.8. The van der Waals surface area contributed by atoms with Crippen molar-refractivity contribution in [3.8, 4) is 0 Å². The largest absolute Gasteiger partial charge is 0.481 e. The molecular formula is C31H29Cl2N3O5. The van der Waals surface area contributed by atoms with Crippen molar-refractivity contribution in [1.82, 2.24) is 15.5 Å². The van der Waals surface area contributed by atoms with Gasteiger partial charge in [0.2, 0.25) is 0 Å². The third-order valence-corrected chi connectivity index (χ3v) is 8.31. The zero-order valence-corrected chi connectivity index (χ0v) is 23.7. The molecule has 1 heterocycles. The first-order valence-corrected chi connectivity index (χ1v) is 14.2. The molecule has 0 bridgehead atoms. The quantitative estimate of drug-likeness (QED) is 0.300. The number of Topliss-reactive ketones (excluding diaryl/α,β-unsaturated/α-hetero) is 1. The van der Waals surface area contributed by atoms with E-state index in [0.29, 0.717) is 13.1 Å². The van der Waals surface area contributed by atoms with Gasteiger partial charge in [-0.2, -0.15) is 0 Å². The number of hydrogen-bond acceptors (Lipinski definition) is 4. The van der Waals surface area contributed by atoms with E-state index in [-0.39, 0.29) is 39.7 Å². The number of fused-ring (bicyclic) bond motifs is 2. The molecule has 3 aromatic rings. The molecule has 0 spiro atoms. The molecule has 3 N–H and O–H groups in total. The van der Waals surface area contributed by atoms with Crippen molar-refractivity contribution in [3.05, 3.63) is 104 Å². The number of carbonyl (C=O) groups is 4. The van der Waals surface area contributed by atoms with Gasteiger partial charge in [0.05, 0.1) is 27.6 Å². The number of rotatable bonds is 8. The maximum absolute atomic E-state index is 13.2. The van der Waals surface area contributed by atoms with Crippen LogP contribution in [0.5, 0.6) is 0 Å². The first-order valence-electron chi connectivity index (χ1n) is 13.4. The summed E-state index contributed by atoms with van der Waals surface area (Å²) in [5, 5.41) is 15.1. The van der Waals surface area contributed by atoms with Crippen molar-refractivity contribution >= 4 is 46.9 Å². The van der Waals surface area contributed by atoms with Gasteiger partial charge in [-0.3, -0.25) is 14.4 Å². The van der Waals surface area contributed by atoms with Crippen LogP contribution in [0.25, 0.3) is 0 Å². The van der Waals surface area contributed by atoms with Crippen molar-refractivity contribution in [2.75, 3.05) is 13.1 Å². The Morgan fingerprint density at radius 1 is 0.927 bits per heavy atom. The minimum Gasteiger partial charge on any atom is -0.481 e. The predicted octanol–water partition coefficient (Wildman–Crippen LogP) is 5.45. The van der Waals surface area contributed by atoms with Crippen LogP contribution >= 0.6 is 23.2 Å². The van der Waals surface area contributed by atoms with Gasteiger partial charge in [-0.15, -0.1) is 0 Å². The SMILES string of the molecule is O=C(NCC(CC(=O)c1c(Cl)cc(C(=O)N2CCc3ccccc3C2)cc1Cl)C(=O)O)NC1CCc2ccccc21. The second-order valence-electron chi connectivity index (χ2n) is 10.4. The number of carbonyl (C=O) groups excluding carboxylic acids is 3. The number of halogens is 2. The number of aryl methyl sites for hydroxylation is 1. The van der Waals surface area contributed by atoms with Crippen LogP contribution < -0.4 is 10.6 Å². The monoisotopic (exact) mass is 593 g/mol. The molecule has 0 fully saturated rings. The van der Waals surface area contributed by atoms with Crippen LogP contribution in [0, 0.1) is 5.92 Å². The molecule has 3 amide bonds.